The van der Waals surface area contributed by atoms with Crippen LogP contribution in [0.4, 0.5) is 5.69 Å². The zero-order valence-corrected chi connectivity index (χ0v) is 12.7. The van der Waals surface area contributed by atoms with E-state index in [1.54, 1.807) is 24.3 Å². The van der Waals surface area contributed by atoms with Crippen LogP contribution in [0.1, 0.15) is 25.7 Å². The summed E-state index contributed by atoms with van der Waals surface area (Å²) < 4.78 is 25.6. The highest BCUT2D eigenvalue weighted by molar-refractivity contribution is 7.89. The third kappa shape index (κ3) is 3.31. The van der Waals surface area contributed by atoms with Crippen molar-refractivity contribution in [3.05, 3.63) is 24.3 Å². The fourth-order valence-corrected chi connectivity index (χ4v) is 3.47. The first-order valence-electron chi connectivity index (χ1n) is 6.99. The van der Waals surface area contributed by atoms with Gasteiger partial charge in [0.2, 0.25) is 10.0 Å². The molecule has 0 aromatic heterocycles. The van der Waals surface area contributed by atoms with Crippen LogP contribution in [0.2, 0.25) is 0 Å². The van der Waals surface area contributed by atoms with Gasteiger partial charge in [0.25, 0.3) is 0 Å². The molecule has 0 radical (unpaired) electrons. The van der Waals surface area contributed by atoms with E-state index < -0.39 is 10.0 Å². The molecular weight excluding hydrogens is 274 g/mol. The summed E-state index contributed by atoms with van der Waals surface area (Å²) in [5.41, 5.74) is 7.04. The first-order chi connectivity index (χ1) is 9.51. The van der Waals surface area contributed by atoms with E-state index >= 15 is 0 Å². The minimum absolute atomic E-state index is 0.204. The van der Waals surface area contributed by atoms with E-state index in [1.165, 1.54) is 32.7 Å². The van der Waals surface area contributed by atoms with Gasteiger partial charge in [0, 0.05) is 12.2 Å². The molecule has 112 valence electrons. The summed E-state index contributed by atoms with van der Waals surface area (Å²) in [4.78, 5) is 0.278. The largest absolute Gasteiger partial charge is 0.384 e. The van der Waals surface area contributed by atoms with Gasteiger partial charge < -0.3 is 11.1 Å². The van der Waals surface area contributed by atoms with Crippen LogP contribution in [0.3, 0.4) is 0 Å². The molecule has 0 spiro atoms. The standard InChI is InChI=1S/C14H23N3O2S/c1-16-20(18,19)13-6-4-12(5-7-13)17-11-14(10-15)8-2-3-9-14/h4-7,16-17H,2-3,8-11,15H2,1H3. The van der Waals surface area contributed by atoms with Gasteiger partial charge in [0.05, 0.1) is 4.90 Å². The second-order valence-corrected chi connectivity index (χ2v) is 7.38. The van der Waals surface area contributed by atoms with Gasteiger partial charge in [0.1, 0.15) is 0 Å². The maximum absolute atomic E-state index is 11.6. The molecule has 0 unspecified atom stereocenters. The molecule has 0 aliphatic heterocycles. The first-order valence-corrected chi connectivity index (χ1v) is 8.47. The average Bonchev–Trinajstić information content (AvgIpc) is 2.95. The number of benzene rings is 1. The van der Waals surface area contributed by atoms with Gasteiger partial charge in [-0.25, -0.2) is 13.1 Å². The topological polar surface area (TPSA) is 84.2 Å². The lowest BCUT2D eigenvalue weighted by molar-refractivity contribution is 0.332. The van der Waals surface area contributed by atoms with E-state index in [2.05, 4.69) is 10.0 Å². The summed E-state index contributed by atoms with van der Waals surface area (Å²) >= 11 is 0. The molecular formula is C14H23N3O2S. The van der Waals surface area contributed by atoms with Gasteiger partial charge in [-0.3, -0.25) is 0 Å². The molecule has 2 rings (SSSR count). The molecule has 0 amide bonds. The minimum atomic E-state index is -3.36. The van der Waals surface area contributed by atoms with Crippen LogP contribution in [0.5, 0.6) is 0 Å². The Balaban J connectivity index is 2.01. The smallest absolute Gasteiger partial charge is 0.240 e. The van der Waals surface area contributed by atoms with Gasteiger partial charge >= 0.3 is 0 Å². The zero-order valence-electron chi connectivity index (χ0n) is 11.9. The molecule has 1 aliphatic carbocycles. The lowest BCUT2D eigenvalue weighted by Crippen LogP contribution is -2.34. The van der Waals surface area contributed by atoms with Crippen LogP contribution in [0.25, 0.3) is 0 Å². The molecule has 1 fully saturated rings. The van der Waals surface area contributed by atoms with Gasteiger partial charge in [-0.15, -0.1) is 0 Å². The molecule has 0 saturated heterocycles. The van der Waals surface area contributed by atoms with Crippen molar-refractivity contribution in [2.75, 3.05) is 25.5 Å². The quantitative estimate of drug-likeness (QED) is 0.743. The predicted octanol–water partition coefficient (Wildman–Crippen LogP) is 1.53. The van der Waals surface area contributed by atoms with Crippen molar-refractivity contribution in [2.45, 2.75) is 30.6 Å². The summed E-state index contributed by atoms with van der Waals surface area (Å²) in [5.74, 6) is 0. The Morgan fingerprint density at radius 1 is 1.20 bits per heavy atom. The number of hydrogen-bond acceptors (Lipinski definition) is 4. The average molecular weight is 297 g/mol. The van der Waals surface area contributed by atoms with Gasteiger partial charge in [-0.2, -0.15) is 0 Å². The maximum atomic E-state index is 11.6. The minimum Gasteiger partial charge on any atom is -0.384 e. The van der Waals surface area contributed by atoms with Crippen molar-refractivity contribution in [2.24, 2.45) is 11.1 Å². The normalized spacial score (nSPS) is 18.1. The van der Waals surface area contributed by atoms with Gasteiger partial charge in [-0.1, -0.05) is 12.8 Å². The van der Waals surface area contributed by atoms with E-state index in [9.17, 15) is 8.42 Å². The summed E-state index contributed by atoms with van der Waals surface area (Å²) in [6, 6.07) is 6.81. The Bertz CT molecular complexity index is 534. The molecule has 1 aliphatic rings. The number of nitrogens with one attached hydrogen (secondary N) is 2. The number of nitrogens with two attached hydrogens (primary N) is 1. The van der Waals surface area contributed by atoms with Crippen LogP contribution >= 0.6 is 0 Å². The third-order valence-electron chi connectivity index (χ3n) is 4.20. The predicted molar refractivity (Wildman–Crippen MR) is 81.1 cm³/mol. The fourth-order valence-electron chi connectivity index (χ4n) is 2.74. The van der Waals surface area contributed by atoms with Crippen molar-refractivity contribution in [1.29, 1.82) is 0 Å². The second-order valence-electron chi connectivity index (χ2n) is 5.50. The highest BCUT2D eigenvalue weighted by Gasteiger charge is 2.32. The van der Waals surface area contributed by atoms with Crippen LogP contribution in [0, 0.1) is 5.41 Å². The van der Waals surface area contributed by atoms with E-state index in [4.69, 9.17) is 5.73 Å². The van der Waals surface area contributed by atoms with E-state index in [0.717, 1.165) is 12.2 Å². The second kappa shape index (κ2) is 6.11. The Kier molecular flexibility index (Phi) is 4.67. The molecule has 5 nitrogen and oxygen atoms in total. The highest BCUT2D eigenvalue weighted by atomic mass is 32.2. The van der Waals surface area contributed by atoms with Crippen molar-refractivity contribution < 1.29 is 8.42 Å². The lowest BCUT2D eigenvalue weighted by Gasteiger charge is -2.27. The highest BCUT2D eigenvalue weighted by Crippen LogP contribution is 2.37. The van der Waals surface area contributed by atoms with Crippen molar-refractivity contribution >= 4 is 15.7 Å². The molecule has 0 bridgehead atoms. The van der Waals surface area contributed by atoms with E-state index in [-0.39, 0.29) is 10.3 Å². The summed E-state index contributed by atoms with van der Waals surface area (Å²) in [7, 11) is -1.95. The summed E-state index contributed by atoms with van der Waals surface area (Å²) in [6.07, 6.45) is 4.84. The van der Waals surface area contributed by atoms with E-state index in [1.807, 2.05) is 0 Å². The molecule has 1 aromatic rings. The molecule has 0 heterocycles. The monoisotopic (exact) mass is 297 g/mol. The molecule has 1 aromatic carbocycles. The summed E-state index contributed by atoms with van der Waals surface area (Å²) in [6.45, 7) is 1.55. The Morgan fingerprint density at radius 2 is 1.80 bits per heavy atom. The van der Waals surface area contributed by atoms with Crippen molar-refractivity contribution in [1.82, 2.24) is 4.72 Å². The molecule has 20 heavy (non-hydrogen) atoms. The third-order valence-corrected chi connectivity index (χ3v) is 5.63. The fraction of sp³-hybridized carbons (Fsp3) is 0.571. The first kappa shape index (κ1) is 15.3. The van der Waals surface area contributed by atoms with Crippen LogP contribution in [-0.4, -0.2) is 28.6 Å². The molecule has 0 atom stereocenters. The van der Waals surface area contributed by atoms with Crippen molar-refractivity contribution in [3.63, 3.8) is 0 Å². The van der Waals surface area contributed by atoms with E-state index in [0.29, 0.717) is 6.54 Å². The number of anilines is 1. The van der Waals surface area contributed by atoms with Gasteiger partial charge in [-0.05, 0) is 56.1 Å². The molecule has 6 heteroatoms. The number of hydrogen-bond donors (Lipinski definition) is 3. The Morgan fingerprint density at radius 3 is 2.30 bits per heavy atom. The Labute approximate surface area is 121 Å². The number of rotatable bonds is 6. The maximum Gasteiger partial charge on any atom is 0.240 e. The number of sulfonamides is 1. The summed E-state index contributed by atoms with van der Waals surface area (Å²) in [5, 5.41) is 3.38. The molecule has 1 saturated carbocycles. The van der Waals surface area contributed by atoms with Crippen molar-refractivity contribution in [3.8, 4) is 0 Å². The Hall–Kier alpha value is -1.11. The lowest BCUT2D eigenvalue weighted by atomic mass is 9.86. The van der Waals surface area contributed by atoms with Crippen LogP contribution in [0.15, 0.2) is 29.2 Å². The SMILES string of the molecule is CNS(=O)(=O)c1ccc(NCC2(CN)CCCC2)cc1. The van der Waals surface area contributed by atoms with Gasteiger partial charge in [0.15, 0.2) is 0 Å². The zero-order chi connectivity index (χ0) is 14.6. The van der Waals surface area contributed by atoms with Crippen LogP contribution in [-0.2, 0) is 10.0 Å². The van der Waals surface area contributed by atoms with Crippen LogP contribution < -0.4 is 15.8 Å². The molecule has 4 N–H and O–H groups in total.